The topological polar surface area (TPSA) is 125 Å². The van der Waals surface area contributed by atoms with Crippen molar-refractivity contribution in [2.75, 3.05) is 0 Å². The summed E-state index contributed by atoms with van der Waals surface area (Å²) in [4.78, 5) is 36.4. The summed E-state index contributed by atoms with van der Waals surface area (Å²) in [6.45, 7) is 3.35. The maximum Gasteiger partial charge on any atom is 0.329 e. The molecule has 0 radical (unpaired) electrons. The minimum atomic E-state index is -0.967. The van der Waals surface area contributed by atoms with E-state index in [1.54, 1.807) is 19.9 Å². The third-order valence-electron chi connectivity index (χ3n) is 4.30. The molecular formula is C20H18ClN3O6S. The zero-order valence-electron chi connectivity index (χ0n) is 16.5. The van der Waals surface area contributed by atoms with Crippen molar-refractivity contribution in [3.8, 4) is 10.6 Å². The Kier molecular flexibility index (Phi) is 7.03. The van der Waals surface area contributed by atoms with E-state index in [4.69, 9.17) is 20.9 Å². The summed E-state index contributed by atoms with van der Waals surface area (Å²) in [5.74, 6) is -1.04. The minimum Gasteiger partial charge on any atom is -0.458 e. The maximum absolute atomic E-state index is 12.6. The van der Waals surface area contributed by atoms with Gasteiger partial charge >= 0.3 is 5.97 Å². The van der Waals surface area contributed by atoms with Gasteiger partial charge in [0.2, 0.25) is 0 Å². The van der Waals surface area contributed by atoms with Gasteiger partial charge in [0.1, 0.15) is 23.4 Å². The second-order valence-corrected chi connectivity index (χ2v) is 8.24. The number of halogens is 1. The maximum atomic E-state index is 12.6. The number of hydrogen-bond donors (Lipinski definition) is 1. The van der Waals surface area contributed by atoms with Crippen molar-refractivity contribution in [2.45, 2.75) is 26.5 Å². The van der Waals surface area contributed by atoms with Gasteiger partial charge < -0.3 is 14.6 Å². The number of nitro benzene ring substituents is 1. The zero-order chi connectivity index (χ0) is 22.5. The van der Waals surface area contributed by atoms with Crippen molar-refractivity contribution in [1.29, 1.82) is 0 Å². The fraction of sp³-hybridized carbons (Fsp3) is 0.250. The van der Waals surface area contributed by atoms with Crippen molar-refractivity contribution in [2.24, 2.45) is 5.92 Å². The number of carbonyl (C=O) groups excluding carboxylic acids is 2. The van der Waals surface area contributed by atoms with Crippen LogP contribution in [0.1, 0.15) is 29.9 Å². The number of benzene rings is 1. The molecule has 31 heavy (non-hydrogen) atoms. The van der Waals surface area contributed by atoms with Crippen LogP contribution in [0.15, 0.2) is 46.3 Å². The van der Waals surface area contributed by atoms with E-state index >= 15 is 0 Å². The second-order valence-electron chi connectivity index (χ2n) is 6.89. The molecule has 2 heterocycles. The summed E-state index contributed by atoms with van der Waals surface area (Å²) in [7, 11) is 0. The number of hydrogen-bond acceptors (Lipinski definition) is 8. The highest BCUT2D eigenvalue weighted by molar-refractivity contribution is 7.13. The number of nitrogens with zero attached hydrogens (tertiary/aromatic N) is 2. The summed E-state index contributed by atoms with van der Waals surface area (Å²) in [5.41, 5.74) is 0.0381. The van der Waals surface area contributed by atoms with Gasteiger partial charge in [-0.15, -0.1) is 11.3 Å². The van der Waals surface area contributed by atoms with E-state index in [0.29, 0.717) is 11.5 Å². The first-order valence-corrected chi connectivity index (χ1v) is 10.4. The fourth-order valence-corrected chi connectivity index (χ4v) is 3.53. The first kappa shape index (κ1) is 22.4. The summed E-state index contributed by atoms with van der Waals surface area (Å²) in [6, 6.07) is 8.13. The van der Waals surface area contributed by atoms with Gasteiger partial charge in [0.05, 0.1) is 9.80 Å². The van der Waals surface area contributed by atoms with E-state index in [1.165, 1.54) is 23.5 Å². The van der Waals surface area contributed by atoms with E-state index in [9.17, 15) is 19.7 Å². The number of carbonyl (C=O) groups is 2. The van der Waals surface area contributed by atoms with Crippen molar-refractivity contribution in [3.63, 3.8) is 0 Å². The molecule has 1 N–H and O–H groups in total. The summed E-state index contributed by atoms with van der Waals surface area (Å²) in [5, 5.41) is 19.3. The van der Waals surface area contributed by atoms with Gasteiger partial charge in [0.15, 0.2) is 5.76 Å². The molecule has 0 saturated carbocycles. The van der Waals surface area contributed by atoms with E-state index in [1.807, 2.05) is 17.5 Å². The lowest BCUT2D eigenvalue weighted by Crippen LogP contribution is -2.45. The standard InChI is InChI=1S/C20H18ClN3O6S/c1-11(2)18(22-19(25)12-5-6-14(21)15(8-12)24(27)28)20(26)29-10-13-9-16(30-23-13)17-4-3-7-31-17/h3-9,11,18H,10H2,1-2H3,(H,22,25)/t18-/m0/s1. The fourth-order valence-electron chi connectivity index (χ4n) is 2.67. The Hall–Kier alpha value is -3.24. The highest BCUT2D eigenvalue weighted by Crippen LogP contribution is 2.26. The molecule has 1 amide bonds. The van der Waals surface area contributed by atoms with Crippen LogP contribution >= 0.6 is 22.9 Å². The monoisotopic (exact) mass is 463 g/mol. The number of thiophene rings is 1. The lowest BCUT2D eigenvalue weighted by Gasteiger charge is -2.20. The largest absolute Gasteiger partial charge is 0.458 e. The Balaban J connectivity index is 1.65. The molecule has 1 aromatic carbocycles. The molecule has 0 fully saturated rings. The van der Waals surface area contributed by atoms with Crippen LogP contribution in [0, 0.1) is 16.0 Å². The van der Waals surface area contributed by atoms with Crippen molar-refractivity contribution < 1.29 is 23.8 Å². The molecular weight excluding hydrogens is 446 g/mol. The summed E-state index contributed by atoms with van der Waals surface area (Å²) >= 11 is 7.27. The SMILES string of the molecule is CC(C)[C@H](NC(=O)c1ccc(Cl)c([N+](=O)[O-])c1)C(=O)OCc1cc(-c2cccs2)on1. The molecule has 9 nitrogen and oxygen atoms in total. The average Bonchev–Trinajstić information content (AvgIpc) is 3.41. The van der Waals surface area contributed by atoms with E-state index < -0.39 is 28.5 Å². The molecule has 0 spiro atoms. The quantitative estimate of drug-likeness (QED) is 0.297. The Morgan fingerprint density at radius 3 is 2.74 bits per heavy atom. The molecule has 3 rings (SSSR count). The summed E-state index contributed by atoms with van der Waals surface area (Å²) < 4.78 is 10.5. The van der Waals surface area contributed by atoms with Crippen LogP contribution in [-0.4, -0.2) is 28.0 Å². The van der Waals surface area contributed by atoms with Gasteiger partial charge in [-0.05, 0) is 29.5 Å². The van der Waals surface area contributed by atoms with Crippen molar-refractivity contribution in [3.05, 3.63) is 68.2 Å². The molecule has 0 aliphatic heterocycles. The Labute approximate surface area is 186 Å². The molecule has 11 heteroatoms. The van der Waals surface area contributed by atoms with Crippen molar-refractivity contribution >= 4 is 40.5 Å². The number of nitrogens with one attached hydrogen (secondary N) is 1. The minimum absolute atomic E-state index is 0.00615. The zero-order valence-corrected chi connectivity index (χ0v) is 18.1. The third-order valence-corrected chi connectivity index (χ3v) is 5.50. The lowest BCUT2D eigenvalue weighted by atomic mass is 10.0. The normalized spacial score (nSPS) is 11.9. The van der Waals surface area contributed by atoms with E-state index in [2.05, 4.69) is 10.5 Å². The highest BCUT2D eigenvalue weighted by atomic mass is 35.5. The number of aromatic nitrogens is 1. The predicted octanol–water partition coefficient (Wildman–Crippen LogP) is 4.46. The molecule has 1 atom stereocenters. The number of nitro groups is 1. The lowest BCUT2D eigenvalue weighted by molar-refractivity contribution is -0.384. The van der Waals surface area contributed by atoms with Gasteiger partial charge in [-0.2, -0.15) is 0 Å². The van der Waals surface area contributed by atoms with Gasteiger partial charge in [-0.25, -0.2) is 4.79 Å². The predicted molar refractivity (Wildman–Crippen MR) is 114 cm³/mol. The first-order chi connectivity index (χ1) is 14.8. The third kappa shape index (κ3) is 5.47. The molecule has 0 aliphatic carbocycles. The van der Waals surface area contributed by atoms with Gasteiger partial charge in [0.25, 0.3) is 11.6 Å². The van der Waals surface area contributed by atoms with Crippen LogP contribution in [0.5, 0.6) is 0 Å². The van der Waals surface area contributed by atoms with Crippen LogP contribution in [0.2, 0.25) is 5.02 Å². The molecule has 3 aromatic rings. The van der Waals surface area contributed by atoms with Crippen LogP contribution in [0.4, 0.5) is 5.69 Å². The van der Waals surface area contributed by atoms with Crippen LogP contribution in [0.25, 0.3) is 10.6 Å². The molecule has 0 aliphatic rings. The molecule has 0 saturated heterocycles. The Morgan fingerprint density at radius 2 is 2.10 bits per heavy atom. The summed E-state index contributed by atoms with van der Waals surface area (Å²) in [6.07, 6.45) is 0. The molecule has 0 bridgehead atoms. The number of esters is 1. The molecule has 2 aromatic heterocycles. The smallest absolute Gasteiger partial charge is 0.329 e. The number of rotatable bonds is 8. The van der Waals surface area contributed by atoms with E-state index in [0.717, 1.165) is 10.9 Å². The van der Waals surface area contributed by atoms with E-state index in [-0.39, 0.29) is 23.1 Å². The highest BCUT2D eigenvalue weighted by Gasteiger charge is 2.27. The van der Waals surface area contributed by atoms with Crippen LogP contribution in [-0.2, 0) is 16.1 Å². The van der Waals surface area contributed by atoms with Crippen LogP contribution < -0.4 is 5.32 Å². The van der Waals surface area contributed by atoms with Crippen LogP contribution in [0.3, 0.4) is 0 Å². The second kappa shape index (κ2) is 9.71. The van der Waals surface area contributed by atoms with Gasteiger partial charge in [0, 0.05) is 17.7 Å². The van der Waals surface area contributed by atoms with Gasteiger partial charge in [-0.1, -0.05) is 36.7 Å². The Bertz CT molecular complexity index is 1100. The first-order valence-electron chi connectivity index (χ1n) is 9.17. The molecule has 162 valence electrons. The molecule has 0 unspecified atom stereocenters. The van der Waals surface area contributed by atoms with Crippen molar-refractivity contribution in [1.82, 2.24) is 10.5 Å². The number of amides is 1. The van der Waals surface area contributed by atoms with Gasteiger partial charge in [-0.3, -0.25) is 14.9 Å². The number of ether oxygens (including phenoxy) is 1. The Morgan fingerprint density at radius 1 is 1.32 bits per heavy atom. The average molecular weight is 464 g/mol.